The summed E-state index contributed by atoms with van der Waals surface area (Å²) in [6, 6.07) is 0.610. The molecule has 0 aromatic heterocycles. The zero-order valence-electron chi connectivity index (χ0n) is 8.51. The highest BCUT2D eigenvalue weighted by Gasteiger charge is 2.24. The first-order valence-electron chi connectivity index (χ1n) is 4.58. The fourth-order valence-electron chi connectivity index (χ4n) is 1.13. The first kappa shape index (κ1) is 14.3. The molecule has 3 nitrogen and oxygen atoms in total. The number of hydrogen-bond acceptors (Lipinski definition) is 2. The quantitative estimate of drug-likeness (QED) is 0.665. The lowest BCUT2D eigenvalue weighted by molar-refractivity contribution is 0.494. The predicted octanol–water partition coefficient (Wildman–Crippen LogP) is 2.01. The maximum Gasteiger partial charge on any atom is 0.246 e. The van der Waals surface area contributed by atoms with Crippen molar-refractivity contribution in [3.05, 3.63) is 29.6 Å². The summed E-state index contributed by atoms with van der Waals surface area (Å²) in [5, 5.41) is 0. The van der Waals surface area contributed by atoms with Crippen LogP contribution in [0.5, 0.6) is 0 Å². The van der Waals surface area contributed by atoms with E-state index in [9.17, 15) is 21.6 Å². The Morgan fingerprint density at radius 3 is 2.18 bits per heavy atom. The van der Waals surface area contributed by atoms with Crippen molar-refractivity contribution >= 4 is 21.6 Å². The summed E-state index contributed by atoms with van der Waals surface area (Å²) in [4.78, 5) is -1.19. The minimum absolute atomic E-state index is 0.0535. The van der Waals surface area contributed by atoms with Gasteiger partial charge in [-0.05, 0) is 6.42 Å². The van der Waals surface area contributed by atoms with Gasteiger partial charge in [-0.15, -0.1) is 11.6 Å². The van der Waals surface area contributed by atoms with Gasteiger partial charge in [-0.25, -0.2) is 26.3 Å². The molecule has 0 saturated carbocycles. The number of nitrogens with one attached hydrogen (secondary N) is 1. The third kappa shape index (κ3) is 3.58. The van der Waals surface area contributed by atoms with E-state index in [1.807, 2.05) is 4.72 Å². The van der Waals surface area contributed by atoms with Gasteiger partial charge in [0.2, 0.25) is 10.0 Å². The van der Waals surface area contributed by atoms with Crippen LogP contribution in [-0.2, 0) is 10.0 Å². The summed E-state index contributed by atoms with van der Waals surface area (Å²) >= 11 is 5.33. The van der Waals surface area contributed by atoms with Crippen molar-refractivity contribution < 1.29 is 21.6 Å². The molecule has 0 atom stereocenters. The van der Waals surface area contributed by atoms with Crippen molar-refractivity contribution in [1.82, 2.24) is 4.72 Å². The van der Waals surface area contributed by atoms with Crippen molar-refractivity contribution in [2.24, 2.45) is 0 Å². The molecule has 0 spiro atoms. The summed E-state index contributed by atoms with van der Waals surface area (Å²) < 4.78 is 63.9. The smallest absolute Gasteiger partial charge is 0.211 e. The molecule has 0 amide bonds. The third-order valence-electron chi connectivity index (χ3n) is 1.83. The summed E-state index contributed by atoms with van der Waals surface area (Å²) in [7, 11) is -4.34. The lowest BCUT2D eigenvalue weighted by Crippen LogP contribution is -2.27. The second kappa shape index (κ2) is 5.70. The van der Waals surface area contributed by atoms with Gasteiger partial charge in [-0.2, -0.15) is 0 Å². The SMILES string of the molecule is O=S(=O)(NCCCCl)c1c(F)cc(F)cc1F. The molecule has 1 N–H and O–H groups in total. The van der Waals surface area contributed by atoms with Crippen molar-refractivity contribution in [2.75, 3.05) is 12.4 Å². The molecule has 0 fully saturated rings. The zero-order chi connectivity index (χ0) is 13.1. The first-order chi connectivity index (χ1) is 7.88. The van der Waals surface area contributed by atoms with Crippen LogP contribution in [0.3, 0.4) is 0 Å². The van der Waals surface area contributed by atoms with Crippen LogP contribution in [0.15, 0.2) is 17.0 Å². The Balaban J connectivity index is 3.07. The van der Waals surface area contributed by atoms with E-state index >= 15 is 0 Å². The van der Waals surface area contributed by atoms with E-state index in [4.69, 9.17) is 11.6 Å². The summed E-state index contributed by atoms with van der Waals surface area (Å²) in [5.74, 6) is -3.92. The van der Waals surface area contributed by atoms with E-state index < -0.39 is 32.4 Å². The molecule has 0 unspecified atom stereocenters. The zero-order valence-corrected chi connectivity index (χ0v) is 10.1. The van der Waals surface area contributed by atoms with E-state index in [1.54, 1.807) is 0 Å². The standard InChI is InChI=1S/C9H9ClF3NO2S/c10-2-1-3-14-17(15,16)9-7(12)4-6(11)5-8(9)13/h4-5,14H,1-3H2. The number of benzene rings is 1. The third-order valence-corrected chi connectivity index (χ3v) is 3.61. The molecule has 0 radical (unpaired) electrons. The minimum atomic E-state index is -4.34. The van der Waals surface area contributed by atoms with Gasteiger partial charge in [0.05, 0.1) is 0 Å². The van der Waals surface area contributed by atoms with Crippen LogP contribution >= 0.6 is 11.6 Å². The number of alkyl halides is 1. The predicted molar refractivity (Wildman–Crippen MR) is 56.8 cm³/mol. The molecule has 0 aliphatic rings. The number of rotatable bonds is 5. The Kier molecular flexibility index (Phi) is 4.79. The van der Waals surface area contributed by atoms with E-state index in [0.717, 1.165) is 0 Å². The van der Waals surface area contributed by atoms with Crippen molar-refractivity contribution in [1.29, 1.82) is 0 Å². The fourth-order valence-corrected chi connectivity index (χ4v) is 2.45. The molecule has 8 heteroatoms. The normalized spacial score (nSPS) is 11.8. The lowest BCUT2D eigenvalue weighted by Gasteiger charge is -2.08. The van der Waals surface area contributed by atoms with Crippen LogP contribution < -0.4 is 4.72 Å². The molecule has 0 saturated heterocycles. The van der Waals surface area contributed by atoms with E-state index in [1.165, 1.54) is 0 Å². The van der Waals surface area contributed by atoms with Gasteiger partial charge < -0.3 is 0 Å². The Morgan fingerprint density at radius 1 is 1.18 bits per heavy atom. The molecular formula is C9H9ClF3NO2S. The molecule has 17 heavy (non-hydrogen) atoms. The highest BCUT2D eigenvalue weighted by molar-refractivity contribution is 7.89. The van der Waals surface area contributed by atoms with E-state index in [0.29, 0.717) is 18.6 Å². The Bertz CT molecular complexity index is 484. The topological polar surface area (TPSA) is 46.2 Å². The highest BCUT2D eigenvalue weighted by Crippen LogP contribution is 2.19. The number of halogens is 4. The van der Waals surface area contributed by atoms with Gasteiger partial charge in [-0.1, -0.05) is 0 Å². The Labute approximate surface area is 102 Å². The van der Waals surface area contributed by atoms with Crippen molar-refractivity contribution in [2.45, 2.75) is 11.3 Å². The van der Waals surface area contributed by atoms with Crippen molar-refractivity contribution in [3.63, 3.8) is 0 Å². The summed E-state index contributed by atoms with van der Waals surface area (Å²) in [6.07, 6.45) is 0.311. The van der Waals surface area contributed by atoms with Gasteiger partial charge in [-0.3, -0.25) is 0 Å². The van der Waals surface area contributed by atoms with Gasteiger partial charge in [0, 0.05) is 24.6 Å². The maximum atomic E-state index is 13.2. The van der Waals surface area contributed by atoms with E-state index in [2.05, 4.69) is 0 Å². The molecule has 1 aromatic rings. The number of sulfonamides is 1. The van der Waals surface area contributed by atoms with Crippen LogP contribution in [0.2, 0.25) is 0 Å². The second-order valence-corrected chi connectivity index (χ2v) is 5.22. The lowest BCUT2D eigenvalue weighted by atomic mass is 10.3. The Hall–Kier alpha value is -0.790. The number of hydrogen-bond donors (Lipinski definition) is 1. The Morgan fingerprint density at radius 2 is 1.71 bits per heavy atom. The van der Waals surface area contributed by atoms with Gasteiger partial charge in [0.25, 0.3) is 0 Å². The van der Waals surface area contributed by atoms with Gasteiger partial charge in [0.1, 0.15) is 17.5 Å². The van der Waals surface area contributed by atoms with Gasteiger partial charge >= 0.3 is 0 Å². The van der Waals surface area contributed by atoms with Crippen LogP contribution in [0, 0.1) is 17.5 Å². The van der Waals surface area contributed by atoms with E-state index in [-0.39, 0.29) is 12.4 Å². The fraction of sp³-hybridized carbons (Fsp3) is 0.333. The average molecular weight is 288 g/mol. The molecular weight excluding hydrogens is 279 g/mol. The minimum Gasteiger partial charge on any atom is -0.211 e. The molecule has 0 heterocycles. The van der Waals surface area contributed by atoms with Crippen molar-refractivity contribution in [3.8, 4) is 0 Å². The van der Waals surface area contributed by atoms with Crippen LogP contribution in [0.25, 0.3) is 0 Å². The molecule has 0 aliphatic carbocycles. The molecule has 1 aromatic carbocycles. The first-order valence-corrected chi connectivity index (χ1v) is 6.60. The molecule has 1 rings (SSSR count). The summed E-state index contributed by atoms with van der Waals surface area (Å²) in [6.45, 7) is -0.0535. The highest BCUT2D eigenvalue weighted by atomic mass is 35.5. The van der Waals surface area contributed by atoms with Gasteiger partial charge in [0.15, 0.2) is 4.90 Å². The molecule has 0 aliphatic heterocycles. The molecule has 96 valence electrons. The largest absolute Gasteiger partial charge is 0.246 e. The monoisotopic (exact) mass is 287 g/mol. The molecule has 0 bridgehead atoms. The van der Waals surface area contributed by atoms with Crippen LogP contribution in [0.4, 0.5) is 13.2 Å². The van der Waals surface area contributed by atoms with Crippen LogP contribution in [-0.4, -0.2) is 20.8 Å². The maximum absolute atomic E-state index is 13.2. The average Bonchev–Trinajstić information content (AvgIpc) is 2.15. The second-order valence-electron chi connectivity index (χ2n) is 3.14. The van der Waals surface area contributed by atoms with Crippen LogP contribution in [0.1, 0.15) is 6.42 Å². The summed E-state index contributed by atoms with van der Waals surface area (Å²) in [5.41, 5.74) is 0.